The first-order valence-electron chi connectivity index (χ1n) is 12.1. The van der Waals surface area contributed by atoms with Crippen molar-refractivity contribution in [2.24, 2.45) is 5.92 Å². The standard InChI is InChI=1S/C29H29F5O/c1-3-4-19-5-7-20(8-6-19)21-9-11-22(12-10-21)25-17-26(30)27(31)28(18(25)2)35-24-15-13-23(14-16-24)29(32,33)34/h9-17,19-20H,3-8H2,1-2H3. The summed E-state index contributed by atoms with van der Waals surface area (Å²) in [5.74, 6) is -1.26. The van der Waals surface area contributed by atoms with Crippen LogP contribution < -0.4 is 4.74 Å². The van der Waals surface area contributed by atoms with E-state index >= 15 is 0 Å². The normalized spacial score (nSPS) is 18.5. The molecule has 3 aromatic carbocycles. The van der Waals surface area contributed by atoms with Crippen molar-refractivity contribution in [1.82, 2.24) is 0 Å². The van der Waals surface area contributed by atoms with Gasteiger partial charge in [0.25, 0.3) is 0 Å². The topological polar surface area (TPSA) is 9.23 Å². The van der Waals surface area contributed by atoms with E-state index in [9.17, 15) is 22.0 Å². The summed E-state index contributed by atoms with van der Waals surface area (Å²) in [5.41, 5.74) is 1.98. The molecule has 1 aliphatic rings. The summed E-state index contributed by atoms with van der Waals surface area (Å²) in [7, 11) is 0. The van der Waals surface area contributed by atoms with Gasteiger partial charge in [0.2, 0.25) is 5.82 Å². The molecule has 35 heavy (non-hydrogen) atoms. The van der Waals surface area contributed by atoms with Crippen LogP contribution in [0.5, 0.6) is 11.5 Å². The van der Waals surface area contributed by atoms with E-state index in [4.69, 9.17) is 4.74 Å². The first-order valence-corrected chi connectivity index (χ1v) is 12.1. The summed E-state index contributed by atoms with van der Waals surface area (Å²) in [6.07, 6.45) is 2.84. The molecule has 0 amide bonds. The molecule has 0 saturated heterocycles. The molecule has 0 aromatic heterocycles. The Hall–Kier alpha value is -2.89. The molecule has 0 bridgehead atoms. The van der Waals surface area contributed by atoms with Gasteiger partial charge in [-0.2, -0.15) is 17.6 Å². The lowest BCUT2D eigenvalue weighted by molar-refractivity contribution is -0.137. The maximum absolute atomic E-state index is 14.6. The fourth-order valence-electron chi connectivity index (χ4n) is 5.07. The summed E-state index contributed by atoms with van der Waals surface area (Å²) in [5, 5.41) is 0. The number of ether oxygens (including phenoxy) is 1. The first-order chi connectivity index (χ1) is 16.7. The molecule has 0 radical (unpaired) electrons. The smallest absolute Gasteiger partial charge is 0.416 e. The lowest BCUT2D eigenvalue weighted by Gasteiger charge is -2.28. The molecule has 186 valence electrons. The van der Waals surface area contributed by atoms with Crippen LogP contribution in [0.15, 0.2) is 54.6 Å². The van der Waals surface area contributed by atoms with E-state index in [2.05, 4.69) is 19.1 Å². The van der Waals surface area contributed by atoms with Crippen LogP contribution in [0.2, 0.25) is 0 Å². The molecular weight excluding hydrogens is 459 g/mol. The minimum Gasteiger partial charge on any atom is -0.454 e. The fraction of sp³-hybridized carbons (Fsp3) is 0.379. The average molecular weight is 489 g/mol. The summed E-state index contributed by atoms with van der Waals surface area (Å²) in [6, 6.07) is 12.9. The van der Waals surface area contributed by atoms with Crippen molar-refractivity contribution in [2.75, 3.05) is 0 Å². The van der Waals surface area contributed by atoms with Crippen LogP contribution in [0.4, 0.5) is 22.0 Å². The van der Waals surface area contributed by atoms with Crippen LogP contribution in [0.3, 0.4) is 0 Å². The SMILES string of the molecule is CCCC1CCC(c2ccc(-c3cc(F)c(F)c(Oc4ccc(C(F)(F)F)cc4)c3C)cc2)CC1. The minimum absolute atomic E-state index is 0.00873. The van der Waals surface area contributed by atoms with Crippen molar-refractivity contribution in [1.29, 1.82) is 0 Å². The van der Waals surface area contributed by atoms with Crippen LogP contribution in [-0.4, -0.2) is 0 Å². The van der Waals surface area contributed by atoms with E-state index in [0.29, 0.717) is 17.0 Å². The zero-order valence-corrected chi connectivity index (χ0v) is 19.9. The Morgan fingerprint density at radius 2 is 1.51 bits per heavy atom. The van der Waals surface area contributed by atoms with Crippen LogP contribution >= 0.6 is 0 Å². The van der Waals surface area contributed by atoms with Crippen LogP contribution in [0.1, 0.15) is 68.1 Å². The Bertz CT molecular complexity index is 1140. The van der Waals surface area contributed by atoms with Crippen LogP contribution in [-0.2, 0) is 6.18 Å². The van der Waals surface area contributed by atoms with Gasteiger partial charge in [0.15, 0.2) is 11.6 Å². The second-order valence-corrected chi connectivity index (χ2v) is 9.43. The van der Waals surface area contributed by atoms with Gasteiger partial charge in [-0.25, -0.2) is 4.39 Å². The molecule has 1 nitrogen and oxygen atoms in total. The average Bonchev–Trinajstić information content (AvgIpc) is 2.85. The zero-order valence-electron chi connectivity index (χ0n) is 19.9. The third kappa shape index (κ3) is 5.68. The van der Waals surface area contributed by atoms with Crippen molar-refractivity contribution >= 4 is 0 Å². The minimum atomic E-state index is -4.49. The second kappa shape index (κ2) is 10.4. The molecule has 6 heteroatoms. The highest BCUT2D eigenvalue weighted by Gasteiger charge is 2.30. The summed E-state index contributed by atoms with van der Waals surface area (Å²) >= 11 is 0. The molecule has 0 aliphatic heterocycles. The molecule has 4 rings (SSSR count). The Morgan fingerprint density at radius 3 is 2.09 bits per heavy atom. The highest BCUT2D eigenvalue weighted by molar-refractivity contribution is 5.70. The van der Waals surface area contributed by atoms with Crippen molar-refractivity contribution in [3.63, 3.8) is 0 Å². The summed E-state index contributed by atoms with van der Waals surface area (Å²) in [4.78, 5) is 0. The van der Waals surface area contributed by atoms with Crippen molar-refractivity contribution in [2.45, 2.75) is 64.5 Å². The monoisotopic (exact) mass is 488 g/mol. The van der Waals surface area contributed by atoms with Gasteiger partial charge in [-0.1, -0.05) is 44.0 Å². The molecule has 0 atom stereocenters. The maximum Gasteiger partial charge on any atom is 0.416 e. The van der Waals surface area contributed by atoms with E-state index in [1.165, 1.54) is 44.1 Å². The number of alkyl halides is 3. The zero-order chi connectivity index (χ0) is 25.2. The molecular formula is C29H29F5O. The Kier molecular flexibility index (Phi) is 7.48. The Labute approximate surface area is 202 Å². The van der Waals surface area contributed by atoms with Gasteiger partial charge >= 0.3 is 6.18 Å². The predicted octanol–water partition coefficient (Wildman–Crippen LogP) is 9.83. The van der Waals surface area contributed by atoms with Gasteiger partial charge in [0.05, 0.1) is 5.56 Å². The predicted molar refractivity (Wildman–Crippen MR) is 128 cm³/mol. The van der Waals surface area contributed by atoms with Gasteiger partial charge in [-0.15, -0.1) is 0 Å². The molecule has 3 aromatic rings. The number of hydrogen-bond donors (Lipinski definition) is 0. The van der Waals surface area contributed by atoms with Gasteiger partial charge in [-0.3, -0.25) is 0 Å². The number of rotatable bonds is 6. The lowest BCUT2D eigenvalue weighted by atomic mass is 9.77. The maximum atomic E-state index is 14.6. The van der Waals surface area contributed by atoms with Gasteiger partial charge in [-0.05, 0) is 91.5 Å². The van der Waals surface area contributed by atoms with Crippen molar-refractivity contribution in [3.05, 3.63) is 82.9 Å². The Balaban J connectivity index is 1.56. The number of halogens is 5. The van der Waals surface area contributed by atoms with E-state index < -0.39 is 23.4 Å². The highest BCUT2D eigenvalue weighted by Crippen LogP contribution is 2.40. The Morgan fingerprint density at radius 1 is 0.886 bits per heavy atom. The van der Waals surface area contributed by atoms with Crippen molar-refractivity contribution in [3.8, 4) is 22.6 Å². The third-order valence-corrected chi connectivity index (χ3v) is 7.06. The largest absolute Gasteiger partial charge is 0.454 e. The molecule has 0 N–H and O–H groups in total. The van der Waals surface area contributed by atoms with E-state index in [1.807, 2.05) is 12.1 Å². The van der Waals surface area contributed by atoms with E-state index in [1.54, 1.807) is 6.92 Å². The van der Waals surface area contributed by atoms with Gasteiger partial charge in [0, 0.05) is 5.56 Å². The van der Waals surface area contributed by atoms with Crippen LogP contribution in [0.25, 0.3) is 11.1 Å². The third-order valence-electron chi connectivity index (χ3n) is 7.06. The van der Waals surface area contributed by atoms with Crippen LogP contribution in [0, 0.1) is 24.5 Å². The highest BCUT2D eigenvalue weighted by atomic mass is 19.4. The van der Waals surface area contributed by atoms with E-state index in [-0.39, 0.29) is 11.5 Å². The first kappa shape index (κ1) is 25.2. The quantitative estimate of drug-likeness (QED) is 0.314. The second-order valence-electron chi connectivity index (χ2n) is 9.43. The van der Waals surface area contributed by atoms with Gasteiger partial charge in [0.1, 0.15) is 5.75 Å². The molecule has 0 spiro atoms. The van der Waals surface area contributed by atoms with Crippen molar-refractivity contribution < 1.29 is 26.7 Å². The lowest BCUT2D eigenvalue weighted by Crippen LogP contribution is -2.13. The fourth-order valence-corrected chi connectivity index (χ4v) is 5.07. The molecule has 1 saturated carbocycles. The molecule has 0 unspecified atom stereocenters. The number of hydrogen-bond acceptors (Lipinski definition) is 1. The molecule has 1 fully saturated rings. The summed E-state index contributed by atoms with van der Waals surface area (Å²) in [6.45, 7) is 3.84. The van der Waals surface area contributed by atoms with Gasteiger partial charge < -0.3 is 4.74 Å². The molecule has 1 aliphatic carbocycles. The van der Waals surface area contributed by atoms with E-state index in [0.717, 1.165) is 41.8 Å². The summed E-state index contributed by atoms with van der Waals surface area (Å²) < 4.78 is 73.1. The number of benzene rings is 3. The molecule has 0 heterocycles.